The molecule has 0 radical (unpaired) electrons. The molecular weight excluding hydrogens is 388 g/mol. The number of ether oxygens (including phenoxy) is 3. The number of nitro benzene ring substituents is 1. The van der Waals surface area contributed by atoms with E-state index in [0.29, 0.717) is 23.8 Å². The fraction of sp³-hybridized carbons (Fsp3) is 0.409. The highest BCUT2D eigenvalue weighted by Gasteiger charge is 2.39. The molecule has 1 unspecified atom stereocenters. The Morgan fingerprint density at radius 3 is 2.40 bits per heavy atom. The van der Waals surface area contributed by atoms with Crippen molar-refractivity contribution in [2.45, 2.75) is 25.3 Å². The Labute approximate surface area is 174 Å². The Balaban J connectivity index is 1.62. The molecule has 4 rings (SSSR count). The molecule has 2 aliphatic rings. The standard InChI is InChI=1S/C22H24N2O6/c1-28-20-11-15-9-10-23(22(25)14-3-4-14)19(18(15)12-21(20)29-2)13-30-17-7-5-16(6-8-17)24(26)27/h5-8,11-12,14,19H,3-4,9-10,13H2,1-2H3. The van der Waals surface area contributed by atoms with Crippen molar-refractivity contribution in [3.8, 4) is 17.2 Å². The van der Waals surface area contributed by atoms with Gasteiger partial charge >= 0.3 is 0 Å². The average Bonchev–Trinajstić information content (AvgIpc) is 3.61. The van der Waals surface area contributed by atoms with Gasteiger partial charge in [-0.25, -0.2) is 0 Å². The second-order valence-corrected chi connectivity index (χ2v) is 7.54. The van der Waals surface area contributed by atoms with Crippen LogP contribution in [0.3, 0.4) is 0 Å². The van der Waals surface area contributed by atoms with E-state index in [0.717, 1.165) is 30.4 Å². The van der Waals surface area contributed by atoms with Gasteiger partial charge in [0.15, 0.2) is 11.5 Å². The molecule has 1 heterocycles. The van der Waals surface area contributed by atoms with E-state index in [-0.39, 0.29) is 30.2 Å². The van der Waals surface area contributed by atoms with Gasteiger partial charge in [-0.3, -0.25) is 14.9 Å². The first kappa shape index (κ1) is 20.0. The summed E-state index contributed by atoms with van der Waals surface area (Å²) in [6.45, 7) is 0.866. The molecule has 30 heavy (non-hydrogen) atoms. The molecule has 1 aliphatic carbocycles. The molecule has 8 nitrogen and oxygen atoms in total. The lowest BCUT2D eigenvalue weighted by Gasteiger charge is -2.37. The maximum atomic E-state index is 12.9. The second kappa shape index (κ2) is 8.22. The van der Waals surface area contributed by atoms with Crippen LogP contribution in [0.15, 0.2) is 36.4 Å². The minimum Gasteiger partial charge on any atom is -0.493 e. The molecule has 8 heteroatoms. The molecule has 0 aromatic heterocycles. The summed E-state index contributed by atoms with van der Waals surface area (Å²) < 4.78 is 16.9. The number of benzene rings is 2. The fourth-order valence-electron chi connectivity index (χ4n) is 3.88. The van der Waals surface area contributed by atoms with Gasteiger partial charge in [0, 0.05) is 24.6 Å². The van der Waals surface area contributed by atoms with E-state index in [1.54, 1.807) is 26.4 Å². The van der Waals surface area contributed by atoms with Crippen LogP contribution in [-0.2, 0) is 11.2 Å². The van der Waals surface area contributed by atoms with E-state index in [9.17, 15) is 14.9 Å². The highest BCUT2D eigenvalue weighted by Crippen LogP contribution is 2.41. The van der Waals surface area contributed by atoms with Gasteiger partial charge in [-0.15, -0.1) is 0 Å². The minimum atomic E-state index is -0.448. The van der Waals surface area contributed by atoms with Crippen LogP contribution in [-0.4, -0.2) is 43.1 Å². The summed E-state index contributed by atoms with van der Waals surface area (Å²) in [5.41, 5.74) is 2.09. The van der Waals surface area contributed by atoms with Crippen molar-refractivity contribution in [2.75, 3.05) is 27.4 Å². The van der Waals surface area contributed by atoms with Gasteiger partial charge in [0.25, 0.3) is 5.69 Å². The summed E-state index contributed by atoms with van der Waals surface area (Å²) in [5.74, 6) is 2.05. The van der Waals surface area contributed by atoms with E-state index in [1.165, 1.54) is 12.1 Å². The molecule has 0 spiro atoms. The van der Waals surface area contributed by atoms with Crippen molar-refractivity contribution in [3.63, 3.8) is 0 Å². The quantitative estimate of drug-likeness (QED) is 0.510. The van der Waals surface area contributed by atoms with Crippen LogP contribution in [0, 0.1) is 16.0 Å². The number of hydrogen-bond acceptors (Lipinski definition) is 6. The first-order chi connectivity index (χ1) is 14.5. The zero-order valence-corrected chi connectivity index (χ0v) is 17.0. The SMILES string of the molecule is COc1cc2c(cc1OC)C(COc1ccc([N+](=O)[O-])cc1)N(C(=O)C1CC1)CC2. The van der Waals surface area contributed by atoms with E-state index in [2.05, 4.69) is 0 Å². The molecule has 0 N–H and O–H groups in total. The first-order valence-electron chi connectivity index (χ1n) is 9.94. The van der Waals surface area contributed by atoms with Crippen LogP contribution >= 0.6 is 0 Å². The third-order valence-electron chi connectivity index (χ3n) is 5.67. The maximum Gasteiger partial charge on any atom is 0.269 e. The number of nitrogens with zero attached hydrogens (tertiary/aromatic N) is 2. The molecule has 1 fully saturated rings. The second-order valence-electron chi connectivity index (χ2n) is 7.54. The normalized spacial score (nSPS) is 17.8. The van der Waals surface area contributed by atoms with E-state index in [1.807, 2.05) is 17.0 Å². The molecule has 0 bridgehead atoms. The number of hydrogen-bond donors (Lipinski definition) is 0. The number of nitro groups is 1. The Kier molecular flexibility index (Phi) is 5.48. The average molecular weight is 412 g/mol. The fourth-order valence-corrected chi connectivity index (χ4v) is 3.88. The van der Waals surface area contributed by atoms with Crippen LogP contribution in [0.4, 0.5) is 5.69 Å². The monoisotopic (exact) mass is 412 g/mol. The van der Waals surface area contributed by atoms with Gasteiger partial charge in [-0.05, 0) is 54.7 Å². The van der Waals surface area contributed by atoms with Crippen molar-refractivity contribution in [1.82, 2.24) is 4.90 Å². The van der Waals surface area contributed by atoms with Gasteiger partial charge in [0.1, 0.15) is 12.4 Å². The Morgan fingerprint density at radius 1 is 1.13 bits per heavy atom. The highest BCUT2D eigenvalue weighted by atomic mass is 16.6. The number of carbonyl (C=O) groups excluding carboxylic acids is 1. The molecule has 1 saturated carbocycles. The van der Waals surface area contributed by atoms with Gasteiger partial charge in [0.2, 0.25) is 5.91 Å². The molecular formula is C22H24N2O6. The Bertz CT molecular complexity index is 955. The lowest BCUT2D eigenvalue weighted by molar-refractivity contribution is -0.384. The van der Waals surface area contributed by atoms with Crippen LogP contribution in [0.5, 0.6) is 17.2 Å². The smallest absolute Gasteiger partial charge is 0.269 e. The number of amides is 1. The number of non-ortho nitro benzene ring substituents is 1. The van der Waals surface area contributed by atoms with E-state index < -0.39 is 4.92 Å². The van der Waals surface area contributed by atoms with Crippen LogP contribution in [0.25, 0.3) is 0 Å². The van der Waals surface area contributed by atoms with Crippen LogP contribution in [0.1, 0.15) is 30.0 Å². The van der Waals surface area contributed by atoms with Gasteiger partial charge in [-0.1, -0.05) is 0 Å². The maximum absolute atomic E-state index is 12.9. The van der Waals surface area contributed by atoms with E-state index >= 15 is 0 Å². The third kappa shape index (κ3) is 3.90. The van der Waals surface area contributed by atoms with Crippen molar-refractivity contribution < 1.29 is 23.9 Å². The Morgan fingerprint density at radius 2 is 1.80 bits per heavy atom. The summed E-state index contributed by atoms with van der Waals surface area (Å²) >= 11 is 0. The number of rotatable bonds is 7. The highest BCUT2D eigenvalue weighted by molar-refractivity contribution is 5.82. The van der Waals surface area contributed by atoms with Crippen molar-refractivity contribution >= 4 is 11.6 Å². The van der Waals surface area contributed by atoms with Crippen LogP contribution < -0.4 is 14.2 Å². The summed E-state index contributed by atoms with van der Waals surface area (Å²) in [7, 11) is 3.19. The van der Waals surface area contributed by atoms with Gasteiger partial charge < -0.3 is 19.1 Å². The number of carbonyl (C=O) groups is 1. The predicted molar refractivity (Wildman–Crippen MR) is 109 cm³/mol. The zero-order valence-electron chi connectivity index (χ0n) is 17.0. The van der Waals surface area contributed by atoms with Gasteiger partial charge in [0.05, 0.1) is 25.2 Å². The predicted octanol–water partition coefficient (Wildman–Crippen LogP) is 3.53. The third-order valence-corrected chi connectivity index (χ3v) is 5.67. The topological polar surface area (TPSA) is 91.1 Å². The van der Waals surface area contributed by atoms with Crippen molar-refractivity contribution in [3.05, 3.63) is 57.6 Å². The molecule has 1 amide bonds. The largest absolute Gasteiger partial charge is 0.493 e. The summed E-state index contributed by atoms with van der Waals surface area (Å²) in [5, 5.41) is 10.9. The molecule has 0 saturated heterocycles. The lowest BCUT2D eigenvalue weighted by atomic mass is 9.91. The van der Waals surface area contributed by atoms with Gasteiger partial charge in [-0.2, -0.15) is 0 Å². The zero-order chi connectivity index (χ0) is 21.3. The molecule has 1 aliphatic heterocycles. The number of fused-ring (bicyclic) bond motifs is 1. The van der Waals surface area contributed by atoms with Crippen molar-refractivity contribution in [2.24, 2.45) is 5.92 Å². The Hall–Kier alpha value is -3.29. The summed E-state index contributed by atoms with van der Waals surface area (Å²) in [6.07, 6.45) is 2.61. The lowest BCUT2D eigenvalue weighted by Crippen LogP contribution is -2.43. The summed E-state index contributed by atoms with van der Waals surface area (Å²) in [4.78, 5) is 25.2. The molecule has 2 aromatic carbocycles. The number of methoxy groups -OCH3 is 2. The minimum absolute atomic E-state index is 0.00716. The molecule has 1 atom stereocenters. The van der Waals surface area contributed by atoms with Crippen LogP contribution in [0.2, 0.25) is 0 Å². The molecule has 158 valence electrons. The first-order valence-corrected chi connectivity index (χ1v) is 9.94. The van der Waals surface area contributed by atoms with Crippen molar-refractivity contribution in [1.29, 1.82) is 0 Å². The molecule has 2 aromatic rings. The summed E-state index contributed by atoms with van der Waals surface area (Å²) in [6, 6.07) is 9.58. The van der Waals surface area contributed by atoms with E-state index in [4.69, 9.17) is 14.2 Å².